The maximum Gasteiger partial charge on any atom is 0.168 e. The van der Waals surface area contributed by atoms with Crippen LogP contribution in [0, 0.1) is 13.8 Å². The van der Waals surface area contributed by atoms with E-state index in [9.17, 15) is 4.79 Å². The predicted molar refractivity (Wildman–Crippen MR) is 85.8 cm³/mol. The lowest BCUT2D eigenvalue weighted by atomic mass is 9.98. The van der Waals surface area contributed by atoms with Gasteiger partial charge in [-0.05, 0) is 36.2 Å². The van der Waals surface area contributed by atoms with Crippen LogP contribution < -0.4 is 0 Å². The molecule has 1 heterocycles. The van der Waals surface area contributed by atoms with Crippen molar-refractivity contribution < 1.29 is 4.79 Å². The highest BCUT2D eigenvalue weighted by Gasteiger charge is 2.13. The van der Waals surface area contributed by atoms with Gasteiger partial charge in [-0.2, -0.15) is 0 Å². The normalized spacial score (nSPS) is 10.9. The molecule has 0 spiro atoms. The maximum absolute atomic E-state index is 12.5. The van der Waals surface area contributed by atoms with Crippen LogP contribution in [-0.2, 0) is 6.42 Å². The van der Waals surface area contributed by atoms with E-state index in [0.717, 1.165) is 16.0 Å². The molecule has 0 bridgehead atoms. The molecule has 0 saturated carbocycles. The van der Waals surface area contributed by atoms with Gasteiger partial charge in [0, 0.05) is 21.7 Å². The first kappa shape index (κ1) is 13.1. The second-order valence-corrected chi connectivity index (χ2v) is 6.53. The molecule has 20 heavy (non-hydrogen) atoms. The zero-order valence-electron chi connectivity index (χ0n) is 11.6. The number of aryl methyl sites for hydroxylation is 2. The van der Waals surface area contributed by atoms with Gasteiger partial charge in [-0.25, -0.2) is 0 Å². The molecule has 0 N–H and O–H groups in total. The van der Waals surface area contributed by atoms with Crippen LogP contribution in [0.2, 0.25) is 0 Å². The molecule has 1 nitrogen and oxygen atoms in total. The van der Waals surface area contributed by atoms with Crippen LogP contribution in [0.15, 0.2) is 48.5 Å². The number of rotatable bonds is 3. The smallest absolute Gasteiger partial charge is 0.168 e. The van der Waals surface area contributed by atoms with Gasteiger partial charge in [0.05, 0.1) is 0 Å². The van der Waals surface area contributed by atoms with Crippen LogP contribution in [-0.4, -0.2) is 5.78 Å². The number of hydrogen-bond acceptors (Lipinski definition) is 2. The number of fused-ring (bicyclic) bond motifs is 1. The van der Waals surface area contributed by atoms with Gasteiger partial charge >= 0.3 is 0 Å². The average Bonchev–Trinajstić information content (AvgIpc) is 2.78. The average molecular weight is 280 g/mol. The molecule has 0 aliphatic heterocycles. The Kier molecular flexibility index (Phi) is 3.41. The van der Waals surface area contributed by atoms with Crippen molar-refractivity contribution in [1.29, 1.82) is 0 Å². The van der Waals surface area contributed by atoms with Crippen molar-refractivity contribution in [2.45, 2.75) is 20.3 Å². The van der Waals surface area contributed by atoms with E-state index in [1.807, 2.05) is 38.1 Å². The minimum absolute atomic E-state index is 0.211. The Labute approximate surface area is 122 Å². The highest BCUT2D eigenvalue weighted by molar-refractivity contribution is 7.12. The summed E-state index contributed by atoms with van der Waals surface area (Å²) in [4.78, 5) is 14.8. The van der Waals surface area contributed by atoms with E-state index in [4.69, 9.17) is 0 Å². The molecule has 0 fully saturated rings. The van der Waals surface area contributed by atoms with Crippen LogP contribution in [0.5, 0.6) is 0 Å². The number of benzene rings is 2. The molecular formula is C18H16OS. The Morgan fingerprint density at radius 1 is 1.05 bits per heavy atom. The first-order valence-corrected chi connectivity index (χ1v) is 7.53. The quantitative estimate of drug-likeness (QED) is 0.621. The van der Waals surface area contributed by atoms with E-state index in [-0.39, 0.29) is 5.78 Å². The zero-order valence-corrected chi connectivity index (χ0v) is 12.5. The molecule has 0 unspecified atom stereocenters. The minimum atomic E-state index is 0.211. The molecule has 0 aliphatic carbocycles. The summed E-state index contributed by atoms with van der Waals surface area (Å²) < 4.78 is 0. The number of Topliss-reactive ketones (excluding diaryl/α,β-unsaturated/α-hetero) is 1. The van der Waals surface area contributed by atoms with Crippen molar-refractivity contribution in [1.82, 2.24) is 0 Å². The topological polar surface area (TPSA) is 17.1 Å². The summed E-state index contributed by atoms with van der Waals surface area (Å²) >= 11 is 1.69. The molecule has 2 heteroatoms. The lowest BCUT2D eigenvalue weighted by molar-refractivity contribution is 0.0993. The van der Waals surface area contributed by atoms with Gasteiger partial charge in [-0.15, -0.1) is 11.3 Å². The largest absolute Gasteiger partial charge is 0.294 e. The molecular weight excluding hydrogens is 264 g/mol. The number of hydrogen-bond donors (Lipinski definition) is 0. The third kappa shape index (κ3) is 2.39. The molecule has 3 rings (SSSR count). The number of ketones is 1. The molecule has 100 valence electrons. The van der Waals surface area contributed by atoms with Gasteiger partial charge in [-0.1, -0.05) is 42.5 Å². The van der Waals surface area contributed by atoms with Crippen molar-refractivity contribution in [3.63, 3.8) is 0 Å². The summed E-state index contributed by atoms with van der Waals surface area (Å²) in [6.07, 6.45) is 0.471. The van der Waals surface area contributed by atoms with E-state index in [1.54, 1.807) is 11.3 Å². The molecule has 0 radical (unpaired) electrons. The summed E-state index contributed by atoms with van der Waals surface area (Å²) in [6.45, 7) is 4.07. The van der Waals surface area contributed by atoms with Crippen LogP contribution in [0.3, 0.4) is 0 Å². The maximum atomic E-state index is 12.5. The van der Waals surface area contributed by atoms with Crippen molar-refractivity contribution in [3.05, 3.63) is 69.4 Å². The van der Waals surface area contributed by atoms with Gasteiger partial charge in [0.15, 0.2) is 5.78 Å². The Morgan fingerprint density at radius 2 is 1.80 bits per heavy atom. The summed E-state index contributed by atoms with van der Waals surface area (Å²) in [7, 11) is 0. The van der Waals surface area contributed by atoms with Crippen molar-refractivity contribution in [3.8, 4) is 0 Å². The van der Waals surface area contributed by atoms with Crippen LogP contribution in [0.25, 0.3) is 10.8 Å². The summed E-state index contributed by atoms with van der Waals surface area (Å²) in [5.41, 5.74) is 1.98. The third-order valence-electron chi connectivity index (χ3n) is 3.57. The van der Waals surface area contributed by atoms with Crippen LogP contribution in [0.1, 0.15) is 25.7 Å². The standard InChI is InChI=1S/C18H16OS/c1-12-10-17(13(2)20-12)18(19)11-15-8-5-7-14-6-3-4-9-16(14)15/h3-10H,11H2,1-2H3. The van der Waals surface area contributed by atoms with E-state index in [0.29, 0.717) is 6.42 Å². The van der Waals surface area contributed by atoms with Gasteiger partial charge in [0.2, 0.25) is 0 Å². The molecule has 0 aliphatic rings. The van der Waals surface area contributed by atoms with Crippen LogP contribution >= 0.6 is 11.3 Å². The summed E-state index contributed by atoms with van der Waals surface area (Å²) in [5, 5.41) is 2.36. The third-order valence-corrected chi connectivity index (χ3v) is 4.54. The molecule has 3 aromatic rings. The fourth-order valence-electron chi connectivity index (χ4n) is 2.62. The first-order valence-electron chi connectivity index (χ1n) is 6.72. The minimum Gasteiger partial charge on any atom is -0.294 e. The fourth-order valence-corrected chi connectivity index (χ4v) is 3.56. The van der Waals surface area contributed by atoms with Gasteiger partial charge in [0.25, 0.3) is 0 Å². The Hall–Kier alpha value is -1.93. The lowest BCUT2D eigenvalue weighted by Gasteiger charge is -2.06. The van der Waals surface area contributed by atoms with Crippen molar-refractivity contribution in [2.75, 3.05) is 0 Å². The van der Waals surface area contributed by atoms with Crippen molar-refractivity contribution >= 4 is 27.9 Å². The highest BCUT2D eigenvalue weighted by atomic mass is 32.1. The lowest BCUT2D eigenvalue weighted by Crippen LogP contribution is -2.04. The molecule has 2 aromatic carbocycles. The number of carbonyl (C=O) groups is 1. The Morgan fingerprint density at radius 3 is 2.55 bits per heavy atom. The Balaban J connectivity index is 1.97. The van der Waals surface area contributed by atoms with E-state index in [1.165, 1.54) is 15.6 Å². The Bertz CT molecular complexity index is 778. The van der Waals surface area contributed by atoms with Gasteiger partial charge in [-0.3, -0.25) is 4.79 Å². The van der Waals surface area contributed by atoms with E-state index < -0.39 is 0 Å². The predicted octanol–water partition coefficient (Wildman–Crippen LogP) is 4.94. The number of thiophene rings is 1. The second-order valence-electron chi connectivity index (χ2n) is 5.07. The molecule has 0 amide bonds. The number of carbonyl (C=O) groups excluding carboxylic acids is 1. The van der Waals surface area contributed by atoms with E-state index in [2.05, 4.69) is 24.3 Å². The zero-order chi connectivity index (χ0) is 14.1. The summed E-state index contributed by atoms with van der Waals surface area (Å²) in [6, 6.07) is 16.4. The SMILES string of the molecule is Cc1cc(C(=O)Cc2cccc3ccccc23)c(C)s1. The second kappa shape index (κ2) is 5.22. The monoisotopic (exact) mass is 280 g/mol. The molecule has 0 saturated heterocycles. The molecule has 1 aromatic heterocycles. The fraction of sp³-hybridized carbons (Fsp3) is 0.167. The molecule has 0 atom stereocenters. The van der Waals surface area contributed by atoms with Crippen LogP contribution in [0.4, 0.5) is 0 Å². The first-order chi connectivity index (χ1) is 9.65. The van der Waals surface area contributed by atoms with Gasteiger partial charge in [0.1, 0.15) is 0 Å². The summed E-state index contributed by atoms with van der Waals surface area (Å²) in [5.74, 6) is 0.211. The van der Waals surface area contributed by atoms with Gasteiger partial charge < -0.3 is 0 Å². The van der Waals surface area contributed by atoms with E-state index >= 15 is 0 Å². The highest BCUT2D eigenvalue weighted by Crippen LogP contribution is 2.24. The van der Waals surface area contributed by atoms with Crippen molar-refractivity contribution in [2.24, 2.45) is 0 Å².